The molecule has 3 aromatic carbocycles. The number of hydrogen-bond donors (Lipinski definition) is 4. The first kappa shape index (κ1) is 30.4. The number of alkyl carbamates (subject to hydrolysis) is 1. The average molecular weight is 574 g/mol. The summed E-state index contributed by atoms with van der Waals surface area (Å²) in [7, 11) is 0. The van der Waals surface area contributed by atoms with Gasteiger partial charge in [-0.3, -0.25) is 9.59 Å². The van der Waals surface area contributed by atoms with Crippen LogP contribution in [0.4, 0.5) is 4.79 Å². The van der Waals surface area contributed by atoms with Gasteiger partial charge in [-0.1, -0.05) is 60.7 Å². The molecule has 9 nitrogen and oxygen atoms in total. The minimum atomic E-state index is -1.14. The van der Waals surface area contributed by atoms with Crippen molar-refractivity contribution in [2.24, 2.45) is 0 Å². The molecule has 3 aromatic rings. The quantitative estimate of drug-likeness (QED) is 0.271. The summed E-state index contributed by atoms with van der Waals surface area (Å²) in [6.45, 7) is 5.43. The number of phenols is 2. The van der Waals surface area contributed by atoms with Gasteiger partial charge in [0.1, 0.15) is 29.2 Å². The van der Waals surface area contributed by atoms with Gasteiger partial charge in [0, 0.05) is 24.6 Å². The number of rotatable bonds is 10. The van der Waals surface area contributed by atoms with E-state index < -0.39 is 35.6 Å². The van der Waals surface area contributed by atoms with E-state index in [9.17, 15) is 24.6 Å². The van der Waals surface area contributed by atoms with Gasteiger partial charge in [0.15, 0.2) is 0 Å². The normalized spacial score (nSPS) is 14.6. The number of nitrogens with one attached hydrogen (secondary N) is 2. The third kappa shape index (κ3) is 8.02. The van der Waals surface area contributed by atoms with Gasteiger partial charge in [0.2, 0.25) is 11.8 Å². The van der Waals surface area contributed by atoms with Crippen molar-refractivity contribution in [1.82, 2.24) is 15.5 Å². The second-order valence-corrected chi connectivity index (χ2v) is 11.6. The highest BCUT2D eigenvalue weighted by Gasteiger charge is 2.42. The summed E-state index contributed by atoms with van der Waals surface area (Å²) >= 11 is 0. The highest BCUT2D eigenvalue weighted by atomic mass is 16.6. The van der Waals surface area contributed by atoms with E-state index in [4.69, 9.17) is 4.74 Å². The molecule has 1 saturated carbocycles. The van der Waals surface area contributed by atoms with Crippen LogP contribution in [-0.2, 0) is 27.3 Å². The van der Waals surface area contributed by atoms with E-state index in [1.165, 1.54) is 23.1 Å². The maximum atomic E-state index is 14.5. The molecule has 9 heteroatoms. The number of benzene rings is 3. The van der Waals surface area contributed by atoms with Crippen LogP contribution in [0, 0.1) is 0 Å². The molecular weight excluding hydrogens is 534 g/mol. The number of aromatic hydroxyl groups is 2. The van der Waals surface area contributed by atoms with Crippen molar-refractivity contribution in [2.45, 2.75) is 76.7 Å². The number of phenolic OH excluding ortho intramolecular Hbond substituents is 2. The van der Waals surface area contributed by atoms with Crippen molar-refractivity contribution >= 4 is 17.9 Å². The zero-order valence-electron chi connectivity index (χ0n) is 24.2. The lowest BCUT2D eigenvalue weighted by atomic mass is 9.87. The molecule has 4 rings (SSSR count). The molecule has 3 amide bonds. The maximum absolute atomic E-state index is 14.5. The lowest BCUT2D eigenvalue weighted by Gasteiger charge is -2.43. The minimum absolute atomic E-state index is 0.0764. The van der Waals surface area contributed by atoms with Gasteiger partial charge in [-0.15, -0.1) is 0 Å². The second-order valence-electron chi connectivity index (χ2n) is 11.6. The SMILES string of the molecule is CC(C)(C)OC(=O)NC(Cc1ccc(O)cc1)C(=O)N(C1CCC1)C(C(=O)NCc1ccccc1)c1ccccc1O. The van der Waals surface area contributed by atoms with Crippen molar-refractivity contribution in [3.05, 3.63) is 95.6 Å². The molecule has 1 aliphatic carbocycles. The Morgan fingerprint density at radius 1 is 0.905 bits per heavy atom. The van der Waals surface area contributed by atoms with Gasteiger partial charge in [-0.05, 0) is 69.4 Å². The Balaban J connectivity index is 1.71. The van der Waals surface area contributed by atoms with E-state index in [1.54, 1.807) is 51.1 Å². The fourth-order valence-electron chi connectivity index (χ4n) is 4.90. The third-order valence-electron chi connectivity index (χ3n) is 7.16. The van der Waals surface area contributed by atoms with Crippen LogP contribution in [-0.4, -0.2) is 50.7 Å². The number of carbonyl (C=O) groups excluding carboxylic acids is 3. The number of hydrogen-bond acceptors (Lipinski definition) is 6. The van der Waals surface area contributed by atoms with E-state index >= 15 is 0 Å². The van der Waals surface area contributed by atoms with Gasteiger partial charge >= 0.3 is 6.09 Å². The fraction of sp³-hybridized carbons (Fsp3) is 0.364. The zero-order valence-corrected chi connectivity index (χ0v) is 24.2. The first-order chi connectivity index (χ1) is 20.0. The summed E-state index contributed by atoms with van der Waals surface area (Å²) in [4.78, 5) is 42.9. The molecule has 0 bridgehead atoms. The van der Waals surface area contributed by atoms with Crippen molar-refractivity contribution in [3.63, 3.8) is 0 Å². The zero-order chi connectivity index (χ0) is 30.3. The number of para-hydroxylation sites is 1. The Kier molecular flexibility index (Phi) is 9.72. The summed E-state index contributed by atoms with van der Waals surface area (Å²) in [5.41, 5.74) is 1.09. The largest absolute Gasteiger partial charge is 0.508 e. The Bertz CT molecular complexity index is 1370. The van der Waals surface area contributed by atoms with E-state index in [0.717, 1.165) is 12.0 Å². The predicted molar refractivity (Wildman–Crippen MR) is 159 cm³/mol. The van der Waals surface area contributed by atoms with Crippen molar-refractivity contribution < 1.29 is 29.3 Å². The molecular formula is C33H39N3O6. The molecule has 0 saturated heterocycles. The summed E-state index contributed by atoms with van der Waals surface area (Å²) in [6, 6.07) is 19.8. The smallest absolute Gasteiger partial charge is 0.408 e. The molecule has 0 aliphatic heterocycles. The summed E-state index contributed by atoms with van der Waals surface area (Å²) < 4.78 is 5.47. The molecule has 0 spiro atoms. The van der Waals surface area contributed by atoms with Crippen LogP contribution >= 0.6 is 0 Å². The first-order valence-electron chi connectivity index (χ1n) is 14.2. The van der Waals surface area contributed by atoms with Gasteiger partial charge in [0.25, 0.3) is 0 Å². The number of amides is 3. The molecule has 0 heterocycles. The molecule has 42 heavy (non-hydrogen) atoms. The van der Waals surface area contributed by atoms with Crippen molar-refractivity contribution in [3.8, 4) is 11.5 Å². The summed E-state index contributed by atoms with van der Waals surface area (Å²) in [5.74, 6) is -0.944. The van der Waals surface area contributed by atoms with Gasteiger partial charge in [-0.2, -0.15) is 0 Å². The van der Waals surface area contributed by atoms with Crippen LogP contribution in [0.5, 0.6) is 11.5 Å². The summed E-state index contributed by atoms with van der Waals surface area (Å²) in [5, 5.41) is 26.3. The molecule has 4 N–H and O–H groups in total. The molecule has 222 valence electrons. The Morgan fingerprint density at radius 3 is 2.14 bits per heavy atom. The van der Waals surface area contributed by atoms with Crippen LogP contribution in [0.15, 0.2) is 78.9 Å². The van der Waals surface area contributed by atoms with E-state index in [2.05, 4.69) is 10.6 Å². The molecule has 1 aliphatic rings. The van der Waals surface area contributed by atoms with E-state index in [-0.39, 0.29) is 30.5 Å². The standard InChI is InChI=1S/C33H39N3O6/c1-33(2,3)42-32(41)35-27(20-22-16-18-25(37)19-17-22)31(40)36(24-12-9-13-24)29(26-14-7-8-15-28(26)38)30(39)34-21-23-10-5-4-6-11-23/h4-8,10-11,14-19,24,27,29,37-38H,9,12-13,20-21H2,1-3H3,(H,34,39)(H,35,41). The molecule has 1 fully saturated rings. The van der Waals surface area contributed by atoms with E-state index in [1.807, 2.05) is 30.3 Å². The highest BCUT2D eigenvalue weighted by molar-refractivity contribution is 5.93. The van der Waals surface area contributed by atoms with E-state index in [0.29, 0.717) is 24.0 Å². The number of nitrogens with zero attached hydrogens (tertiary/aromatic N) is 1. The second kappa shape index (κ2) is 13.4. The van der Waals surface area contributed by atoms with Crippen LogP contribution in [0.2, 0.25) is 0 Å². The van der Waals surface area contributed by atoms with Gasteiger partial charge < -0.3 is 30.5 Å². The number of carbonyl (C=O) groups is 3. The van der Waals surface area contributed by atoms with Crippen LogP contribution in [0.3, 0.4) is 0 Å². The van der Waals surface area contributed by atoms with Crippen LogP contribution < -0.4 is 10.6 Å². The molecule has 2 atom stereocenters. The topological polar surface area (TPSA) is 128 Å². The predicted octanol–water partition coefficient (Wildman–Crippen LogP) is 4.97. The Morgan fingerprint density at radius 2 is 1.55 bits per heavy atom. The van der Waals surface area contributed by atoms with Gasteiger partial charge in [-0.25, -0.2) is 4.79 Å². The maximum Gasteiger partial charge on any atom is 0.408 e. The Labute approximate surface area is 246 Å². The third-order valence-corrected chi connectivity index (χ3v) is 7.16. The summed E-state index contributed by atoms with van der Waals surface area (Å²) in [6.07, 6.45) is 1.58. The Hall–Kier alpha value is -4.53. The molecule has 0 radical (unpaired) electrons. The molecule has 2 unspecified atom stereocenters. The van der Waals surface area contributed by atoms with Crippen LogP contribution in [0.25, 0.3) is 0 Å². The van der Waals surface area contributed by atoms with Gasteiger partial charge in [0.05, 0.1) is 0 Å². The van der Waals surface area contributed by atoms with Crippen molar-refractivity contribution in [1.29, 1.82) is 0 Å². The number of ether oxygens (including phenoxy) is 1. The highest BCUT2D eigenvalue weighted by Crippen LogP contribution is 2.37. The lowest BCUT2D eigenvalue weighted by Crippen LogP contribution is -2.58. The van der Waals surface area contributed by atoms with Crippen LogP contribution in [0.1, 0.15) is 62.8 Å². The average Bonchev–Trinajstić information content (AvgIpc) is 2.91. The fourth-order valence-corrected chi connectivity index (χ4v) is 4.90. The first-order valence-corrected chi connectivity index (χ1v) is 14.2. The lowest BCUT2D eigenvalue weighted by molar-refractivity contribution is -0.147. The molecule has 0 aromatic heterocycles. The monoisotopic (exact) mass is 573 g/mol. The minimum Gasteiger partial charge on any atom is -0.508 e. The van der Waals surface area contributed by atoms with Crippen molar-refractivity contribution in [2.75, 3.05) is 0 Å².